The van der Waals surface area contributed by atoms with Crippen molar-refractivity contribution in [2.75, 3.05) is 7.05 Å². The van der Waals surface area contributed by atoms with E-state index in [0.717, 1.165) is 12.1 Å². The predicted molar refractivity (Wildman–Crippen MR) is 74.7 cm³/mol. The van der Waals surface area contributed by atoms with Gasteiger partial charge < -0.3 is 9.88 Å². The van der Waals surface area contributed by atoms with E-state index in [4.69, 9.17) is 0 Å². The van der Waals surface area contributed by atoms with Gasteiger partial charge in [0.25, 0.3) is 0 Å². The van der Waals surface area contributed by atoms with Crippen LogP contribution in [0.15, 0.2) is 23.4 Å². The van der Waals surface area contributed by atoms with Gasteiger partial charge in [-0.25, -0.2) is 4.39 Å². The third-order valence-corrected chi connectivity index (χ3v) is 4.00. The van der Waals surface area contributed by atoms with Crippen molar-refractivity contribution in [2.24, 2.45) is 7.05 Å². The zero-order valence-electron chi connectivity index (χ0n) is 11.9. The van der Waals surface area contributed by atoms with Crippen molar-refractivity contribution in [2.45, 2.75) is 23.6 Å². The number of halogens is 4. The molecule has 22 heavy (non-hydrogen) atoms. The Kier molecular flexibility index (Phi) is 5.07. The lowest BCUT2D eigenvalue weighted by atomic mass is 10.1. The highest BCUT2D eigenvalue weighted by Crippen LogP contribution is 2.31. The van der Waals surface area contributed by atoms with Crippen LogP contribution in [0.4, 0.5) is 17.6 Å². The molecule has 0 amide bonds. The lowest BCUT2D eigenvalue weighted by molar-refractivity contribution is -0.137. The summed E-state index contributed by atoms with van der Waals surface area (Å²) >= 11 is 1.20. The first-order valence-corrected chi connectivity index (χ1v) is 7.32. The molecular formula is C13H14F4N4S. The van der Waals surface area contributed by atoms with Crippen molar-refractivity contribution < 1.29 is 17.6 Å². The van der Waals surface area contributed by atoms with Crippen molar-refractivity contribution >= 4 is 11.8 Å². The maximum Gasteiger partial charge on any atom is 0.416 e. The van der Waals surface area contributed by atoms with Crippen molar-refractivity contribution in [3.8, 4) is 0 Å². The SMILES string of the molecule is CNCc1nnc(SCc2cc(F)cc(C(F)(F)F)c2)n1C. The summed E-state index contributed by atoms with van der Waals surface area (Å²) in [5.41, 5.74) is -0.743. The van der Waals surface area contributed by atoms with Crippen molar-refractivity contribution in [1.82, 2.24) is 20.1 Å². The Morgan fingerprint density at radius 3 is 2.59 bits per heavy atom. The highest BCUT2D eigenvalue weighted by Gasteiger charge is 2.31. The third kappa shape index (κ3) is 3.98. The van der Waals surface area contributed by atoms with Crippen LogP contribution in [-0.4, -0.2) is 21.8 Å². The van der Waals surface area contributed by atoms with Crippen LogP contribution in [0.2, 0.25) is 0 Å². The van der Waals surface area contributed by atoms with E-state index in [2.05, 4.69) is 15.5 Å². The lowest BCUT2D eigenvalue weighted by Crippen LogP contribution is -2.10. The van der Waals surface area contributed by atoms with Crippen LogP contribution in [0, 0.1) is 5.82 Å². The number of rotatable bonds is 5. The van der Waals surface area contributed by atoms with Crippen molar-refractivity contribution in [3.63, 3.8) is 0 Å². The molecule has 2 rings (SSSR count). The zero-order chi connectivity index (χ0) is 16.3. The Hall–Kier alpha value is -1.61. The van der Waals surface area contributed by atoms with Gasteiger partial charge in [0.15, 0.2) is 5.16 Å². The molecule has 0 atom stereocenters. The molecule has 0 aliphatic rings. The molecule has 0 bridgehead atoms. The van der Waals surface area contributed by atoms with Gasteiger partial charge in [-0.1, -0.05) is 11.8 Å². The molecule has 1 aromatic heterocycles. The number of nitrogens with one attached hydrogen (secondary N) is 1. The number of thioether (sulfide) groups is 1. The predicted octanol–water partition coefficient (Wildman–Crippen LogP) is 2.98. The highest BCUT2D eigenvalue weighted by molar-refractivity contribution is 7.98. The fourth-order valence-electron chi connectivity index (χ4n) is 1.83. The molecule has 1 heterocycles. The molecule has 2 aromatic rings. The first-order chi connectivity index (χ1) is 10.3. The van der Waals surface area contributed by atoms with E-state index in [0.29, 0.717) is 23.6 Å². The Morgan fingerprint density at radius 1 is 1.23 bits per heavy atom. The van der Waals surface area contributed by atoms with Crippen LogP contribution in [0.1, 0.15) is 17.0 Å². The van der Waals surface area contributed by atoms with Gasteiger partial charge in [-0.2, -0.15) is 13.2 Å². The maximum atomic E-state index is 13.3. The molecule has 0 saturated heterocycles. The van der Waals surface area contributed by atoms with Crippen LogP contribution in [-0.2, 0) is 25.5 Å². The lowest BCUT2D eigenvalue weighted by Gasteiger charge is -2.09. The highest BCUT2D eigenvalue weighted by atomic mass is 32.2. The summed E-state index contributed by atoms with van der Waals surface area (Å²) in [6.45, 7) is 0.530. The zero-order valence-corrected chi connectivity index (χ0v) is 12.7. The van der Waals surface area contributed by atoms with Crippen LogP contribution >= 0.6 is 11.8 Å². The fourth-order valence-corrected chi connectivity index (χ4v) is 2.69. The van der Waals surface area contributed by atoms with Gasteiger partial charge in [0, 0.05) is 12.8 Å². The molecule has 1 N–H and O–H groups in total. The normalized spacial score (nSPS) is 11.9. The molecule has 0 radical (unpaired) electrons. The average molecular weight is 334 g/mol. The molecule has 0 aliphatic carbocycles. The Balaban J connectivity index is 2.13. The molecule has 120 valence electrons. The second-order valence-electron chi connectivity index (χ2n) is 4.62. The van der Waals surface area contributed by atoms with Crippen LogP contribution in [0.25, 0.3) is 0 Å². The number of benzene rings is 1. The molecule has 0 fully saturated rings. The average Bonchev–Trinajstić information content (AvgIpc) is 2.77. The van der Waals surface area contributed by atoms with E-state index in [9.17, 15) is 17.6 Å². The van der Waals surface area contributed by atoms with Crippen molar-refractivity contribution in [1.29, 1.82) is 0 Å². The van der Waals surface area contributed by atoms with Gasteiger partial charge in [-0.15, -0.1) is 10.2 Å². The second kappa shape index (κ2) is 6.66. The van der Waals surface area contributed by atoms with Crippen LogP contribution < -0.4 is 5.32 Å². The second-order valence-corrected chi connectivity index (χ2v) is 5.57. The van der Waals surface area contributed by atoms with Crippen molar-refractivity contribution in [3.05, 3.63) is 41.0 Å². The molecule has 0 spiro atoms. The number of alkyl halides is 3. The van der Waals surface area contributed by atoms with Gasteiger partial charge in [0.2, 0.25) is 0 Å². The van der Waals surface area contributed by atoms with Gasteiger partial charge in [0.05, 0.1) is 12.1 Å². The topological polar surface area (TPSA) is 42.7 Å². The molecule has 4 nitrogen and oxygen atoms in total. The Bertz CT molecular complexity index is 654. The Labute approximate surface area is 128 Å². The minimum absolute atomic E-state index is 0.173. The van der Waals surface area contributed by atoms with E-state index in [-0.39, 0.29) is 11.3 Å². The number of hydrogen-bond acceptors (Lipinski definition) is 4. The van der Waals surface area contributed by atoms with E-state index in [1.807, 2.05) is 0 Å². The first-order valence-electron chi connectivity index (χ1n) is 6.33. The van der Waals surface area contributed by atoms with Crippen LogP contribution in [0.5, 0.6) is 0 Å². The van der Waals surface area contributed by atoms with E-state index < -0.39 is 17.6 Å². The number of aromatic nitrogens is 3. The molecule has 9 heteroatoms. The first kappa shape index (κ1) is 16.8. The molecule has 0 unspecified atom stereocenters. The quantitative estimate of drug-likeness (QED) is 0.674. The molecular weight excluding hydrogens is 320 g/mol. The smallest absolute Gasteiger partial charge is 0.313 e. The monoisotopic (exact) mass is 334 g/mol. The molecule has 0 aliphatic heterocycles. The van der Waals surface area contributed by atoms with Gasteiger partial charge in [0.1, 0.15) is 11.6 Å². The summed E-state index contributed by atoms with van der Waals surface area (Å²) in [6, 6.07) is 2.52. The summed E-state index contributed by atoms with van der Waals surface area (Å²) in [4.78, 5) is 0. The minimum atomic E-state index is -4.56. The number of nitrogens with zero attached hydrogens (tertiary/aromatic N) is 3. The number of hydrogen-bond donors (Lipinski definition) is 1. The van der Waals surface area contributed by atoms with E-state index in [1.165, 1.54) is 11.8 Å². The van der Waals surface area contributed by atoms with Gasteiger partial charge >= 0.3 is 6.18 Å². The third-order valence-electron chi connectivity index (χ3n) is 2.91. The summed E-state index contributed by atoms with van der Waals surface area (Å²) in [5, 5.41) is 11.4. The summed E-state index contributed by atoms with van der Waals surface area (Å²) in [5.74, 6) is -0.0219. The fraction of sp³-hybridized carbons (Fsp3) is 0.385. The standard InChI is InChI=1S/C13H14F4N4S/c1-18-6-11-19-20-12(21(11)2)22-7-8-3-9(13(15,16)17)5-10(14)4-8/h3-5,18H,6-7H2,1-2H3. The largest absolute Gasteiger partial charge is 0.416 e. The van der Waals surface area contributed by atoms with Gasteiger partial charge in [-0.3, -0.25) is 0 Å². The summed E-state index contributed by atoms with van der Waals surface area (Å²) in [7, 11) is 3.54. The summed E-state index contributed by atoms with van der Waals surface area (Å²) in [6.07, 6.45) is -4.56. The molecule has 0 saturated carbocycles. The van der Waals surface area contributed by atoms with E-state index in [1.54, 1.807) is 18.7 Å². The minimum Gasteiger partial charge on any atom is -0.313 e. The molecule has 1 aromatic carbocycles. The summed E-state index contributed by atoms with van der Waals surface area (Å²) < 4.78 is 53.0. The van der Waals surface area contributed by atoms with E-state index >= 15 is 0 Å². The maximum absolute atomic E-state index is 13.3. The van der Waals surface area contributed by atoms with Gasteiger partial charge in [-0.05, 0) is 30.8 Å². The van der Waals surface area contributed by atoms with Crippen LogP contribution in [0.3, 0.4) is 0 Å². The Morgan fingerprint density at radius 2 is 1.95 bits per heavy atom.